The van der Waals surface area contributed by atoms with Gasteiger partial charge < -0.3 is 14.4 Å². The van der Waals surface area contributed by atoms with E-state index in [1.165, 1.54) is 48.7 Å². The van der Waals surface area contributed by atoms with Crippen molar-refractivity contribution in [3.8, 4) is 0 Å². The van der Waals surface area contributed by atoms with Crippen molar-refractivity contribution in [2.24, 2.45) is 5.92 Å². The molecule has 2 saturated heterocycles. The lowest BCUT2D eigenvalue weighted by atomic mass is 9.88. The molecule has 3 aliphatic rings. The lowest BCUT2D eigenvalue weighted by Crippen LogP contribution is -2.43. The van der Waals surface area contributed by atoms with Gasteiger partial charge >= 0.3 is 0 Å². The van der Waals surface area contributed by atoms with Gasteiger partial charge in [0, 0.05) is 43.0 Å². The minimum atomic E-state index is -0.0292. The van der Waals surface area contributed by atoms with Crippen molar-refractivity contribution in [2.75, 3.05) is 52.5 Å². The van der Waals surface area contributed by atoms with Crippen LogP contribution in [0.3, 0.4) is 0 Å². The molecule has 1 aromatic heterocycles. The lowest BCUT2D eigenvalue weighted by molar-refractivity contribution is -0.0355. The van der Waals surface area contributed by atoms with Gasteiger partial charge in [0.25, 0.3) is 5.91 Å². The maximum absolute atomic E-state index is 13.4. The molecule has 6 heteroatoms. The summed E-state index contributed by atoms with van der Waals surface area (Å²) < 4.78 is 12.9. The van der Waals surface area contributed by atoms with Crippen molar-refractivity contribution < 1.29 is 14.3 Å². The van der Waals surface area contributed by atoms with Gasteiger partial charge in [0.1, 0.15) is 0 Å². The van der Waals surface area contributed by atoms with Crippen molar-refractivity contribution in [3.05, 3.63) is 34.7 Å². The number of hydrogen-bond acceptors (Lipinski definition) is 5. The third kappa shape index (κ3) is 4.28. The van der Waals surface area contributed by atoms with E-state index in [9.17, 15) is 4.79 Å². The van der Waals surface area contributed by atoms with Gasteiger partial charge in [0.15, 0.2) is 0 Å². The predicted octanol–water partition coefficient (Wildman–Crippen LogP) is 4.33. The first-order chi connectivity index (χ1) is 14.8. The summed E-state index contributed by atoms with van der Waals surface area (Å²) >= 11 is 1.63. The Kier molecular flexibility index (Phi) is 6.37. The number of carbonyl (C=O) groups excluding carboxylic acids is 1. The van der Waals surface area contributed by atoms with Crippen LogP contribution in [0.25, 0.3) is 10.1 Å². The molecule has 2 aromatic rings. The van der Waals surface area contributed by atoms with E-state index in [1.54, 1.807) is 11.3 Å². The topological polar surface area (TPSA) is 42.0 Å². The Morgan fingerprint density at radius 1 is 1.03 bits per heavy atom. The van der Waals surface area contributed by atoms with E-state index in [1.807, 2.05) is 4.90 Å². The molecule has 162 valence electrons. The van der Waals surface area contributed by atoms with E-state index >= 15 is 0 Å². The molecule has 5 rings (SSSR count). The summed E-state index contributed by atoms with van der Waals surface area (Å²) in [5, 5.41) is 1.18. The highest BCUT2D eigenvalue weighted by Crippen LogP contribution is 2.39. The van der Waals surface area contributed by atoms with Gasteiger partial charge in [-0.1, -0.05) is 37.5 Å². The van der Waals surface area contributed by atoms with E-state index in [0.29, 0.717) is 26.3 Å². The molecule has 1 aliphatic carbocycles. The summed E-state index contributed by atoms with van der Waals surface area (Å²) in [5.74, 6) is 0.966. The van der Waals surface area contributed by atoms with Crippen LogP contribution in [-0.2, 0) is 9.47 Å². The van der Waals surface area contributed by atoms with Crippen molar-refractivity contribution >= 4 is 27.3 Å². The number of ether oxygens (including phenoxy) is 2. The average Bonchev–Trinajstić information content (AvgIpc) is 3.20. The molecule has 3 fully saturated rings. The summed E-state index contributed by atoms with van der Waals surface area (Å²) in [6, 6.07) is 8.41. The van der Waals surface area contributed by atoms with E-state index in [4.69, 9.17) is 9.47 Å². The van der Waals surface area contributed by atoms with Crippen LogP contribution in [0.1, 0.15) is 53.4 Å². The SMILES string of the molecule is O=C(c1sc2ccccc2c1C1CN(CC2CCCCC2)CCO1)N1CCOCC1. The normalized spacial score (nSPS) is 24.4. The highest BCUT2D eigenvalue weighted by Gasteiger charge is 2.32. The van der Waals surface area contributed by atoms with Gasteiger partial charge in [-0.05, 0) is 30.2 Å². The molecule has 0 N–H and O–H groups in total. The number of nitrogens with zero attached hydrogens (tertiary/aromatic N) is 2. The second kappa shape index (κ2) is 9.35. The maximum Gasteiger partial charge on any atom is 0.264 e. The van der Waals surface area contributed by atoms with Crippen molar-refractivity contribution in [1.29, 1.82) is 0 Å². The zero-order valence-corrected chi connectivity index (χ0v) is 18.5. The molecule has 0 bridgehead atoms. The highest BCUT2D eigenvalue weighted by atomic mass is 32.1. The maximum atomic E-state index is 13.4. The van der Waals surface area contributed by atoms with Gasteiger partial charge in [-0.2, -0.15) is 0 Å². The smallest absolute Gasteiger partial charge is 0.264 e. The van der Waals surface area contributed by atoms with Crippen LogP contribution in [0, 0.1) is 5.92 Å². The standard InChI is InChI=1S/C24H32N2O3S/c27-24(26-11-13-28-14-12-26)23-22(19-8-4-5-9-21(19)30-23)20-17-25(10-15-29-20)16-18-6-2-1-3-7-18/h4-5,8-9,18,20H,1-3,6-7,10-17H2. The van der Waals surface area contributed by atoms with Crippen LogP contribution in [-0.4, -0.2) is 68.3 Å². The van der Waals surface area contributed by atoms with Crippen LogP contribution in [0.15, 0.2) is 24.3 Å². The number of fused-ring (bicyclic) bond motifs is 1. The van der Waals surface area contributed by atoms with E-state index < -0.39 is 0 Å². The molecular formula is C24H32N2O3S. The monoisotopic (exact) mass is 428 g/mol. The number of hydrogen-bond donors (Lipinski definition) is 0. The van der Waals surface area contributed by atoms with Crippen molar-refractivity contribution in [2.45, 2.75) is 38.2 Å². The summed E-state index contributed by atoms with van der Waals surface area (Å²) in [7, 11) is 0. The number of rotatable bonds is 4. The zero-order chi connectivity index (χ0) is 20.3. The Bertz CT molecular complexity index is 870. The van der Waals surface area contributed by atoms with Crippen LogP contribution in [0.4, 0.5) is 0 Å². The first kappa shape index (κ1) is 20.4. The number of amides is 1. The molecule has 30 heavy (non-hydrogen) atoms. The number of morpholine rings is 2. The molecule has 0 radical (unpaired) electrons. The summed E-state index contributed by atoms with van der Waals surface area (Å²) in [6.45, 7) is 6.41. The van der Waals surface area contributed by atoms with Crippen LogP contribution in [0.2, 0.25) is 0 Å². The van der Waals surface area contributed by atoms with Crippen molar-refractivity contribution in [1.82, 2.24) is 9.80 Å². The largest absolute Gasteiger partial charge is 0.378 e. The fraction of sp³-hybridized carbons (Fsp3) is 0.625. The van der Waals surface area contributed by atoms with E-state index in [-0.39, 0.29) is 12.0 Å². The molecule has 5 nitrogen and oxygen atoms in total. The number of thiophene rings is 1. The third-order valence-corrected chi connectivity index (χ3v) is 8.01. The number of carbonyl (C=O) groups is 1. The number of benzene rings is 1. The van der Waals surface area contributed by atoms with Crippen LogP contribution in [0.5, 0.6) is 0 Å². The first-order valence-electron chi connectivity index (χ1n) is 11.5. The molecule has 2 aliphatic heterocycles. The lowest BCUT2D eigenvalue weighted by Gasteiger charge is -2.36. The third-order valence-electron chi connectivity index (χ3n) is 6.84. The van der Waals surface area contributed by atoms with Crippen LogP contribution >= 0.6 is 11.3 Å². The van der Waals surface area contributed by atoms with E-state index in [2.05, 4.69) is 29.2 Å². The Morgan fingerprint density at radius 2 is 1.83 bits per heavy atom. The Morgan fingerprint density at radius 3 is 2.67 bits per heavy atom. The molecule has 3 heterocycles. The van der Waals surface area contributed by atoms with Gasteiger partial charge in [0.05, 0.1) is 30.8 Å². The fourth-order valence-corrected chi connectivity index (χ4v) is 6.45. The minimum Gasteiger partial charge on any atom is -0.378 e. The zero-order valence-electron chi connectivity index (χ0n) is 17.7. The van der Waals surface area contributed by atoms with Gasteiger partial charge in [0.2, 0.25) is 0 Å². The Balaban J connectivity index is 1.41. The highest BCUT2D eigenvalue weighted by molar-refractivity contribution is 7.21. The van der Waals surface area contributed by atoms with Crippen molar-refractivity contribution in [3.63, 3.8) is 0 Å². The summed E-state index contributed by atoms with van der Waals surface area (Å²) in [5.41, 5.74) is 1.11. The molecule has 1 aromatic carbocycles. The molecule has 0 spiro atoms. The van der Waals surface area contributed by atoms with Crippen LogP contribution < -0.4 is 0 Å². The fourth-order valence-electron chi connectivity index (χ4n) is 5.23. The van der Waals surface area contributed by atoms with Gasteiger partial charge in [-0.3, -0.25) is 9.69 Å². The Labute approximate surface area is 182 Å². The molecule has 1 saturated carbocycles. The predicted molar refractivity (Wildman–Crippen MR) is 120 cm³/mol. The second-order valence-corrected chi connectivity index (χ2v) is 9.92. The van der Waals surface area contributed by atoms with E-state index in [0.717, 1.165) is 36.1 Å². The average molecular weight is 429 g/mol. The van der Waals surface area contributed by atoms with Gasteiger partial charge in [-0.25, -0.2) is 0 Å². The quantitative estimate of drug-likeness (QED) is 0.727. The first-order valence-corrected chi connectivity index (χ1v) is 12.3. The molecular weight excluding hydrogens is 396 g/mol. The Hall–Kier alpha value is -1.47. The molecule has 1 unspecified atom stereocenters. The second-order valence-electron chi connectivity index (χ2n) is 8.87. The van der Waals surface area contributed by atoms with Gasteiger partial charge in [-0.15, -0.1) is 11.3 Å². The minimum absolute atomic E-state index is 0.0292. The summed E-state index contributed by atoms with van der Waals surface area (Å²) in [4.78, 5) is 18.8. The molecule has 1 amide bonds. The molecule has 1 atom stereocenters. The summed E-state index contributed by atoms with van der Waals surface area (Å²) in [6.07, 6.45) is 6.86.